The first-order valence-electron chi connectivity index (χ1n) is 5.74. The molecule has 1 aromatic rings. The number of anilines is 1. The Morgan fingerprint density at radius 2 is 2.22 bits per heavy atom. The third-order valence-electron chi connectivity index (χ3n) is 3.17. The Hall–Kier alpha value is -0.260. The van der Waals surface area contributed by atoms with E-state index in [-0.39, 0.29) is 17.5 Å². The summed E-state index contributed by atoms with van der Waals surface area (Å²) in [6, 6.07) is 5.73. The van der Waals surface area contributed by atoms with E-state index in [0.29, 0.717) is 16.9 Å². The lowest BCUT2D eigenvalue weighted by Crippen LogP contribution is -2.47. The van der Waals surface area contributed by atoms with Crippen LogP contribution in [0.2, 0.25) is 5.02 Å². The fourth-order valence-corrected chi connectivity index (χ4v) is 4.50. The minimum Gasteiger partial charge on any atom is -0.367 e. The van der Waals surface area contributed by atoms with Gasteiger partial charge in [-0.3, -0.25) is 0 Å². The summed E-state index contributed by atoms with van der Waals surface area (Å²) in [5, 5.41) is 1.41. The molecule has 0 N–H and O–H groups in total. The topological polar surface area (TPSA) is 37.4 Å². The average molecular weight is 353 g/mol. The maximum absolute atomic E-state index is 11.6. The number of sulfone groups is 1. The Labute approximate surface area is 121 Å². The van der Waals surface area contributed by atoms with Gasteiger partial charge in [-0.2, -0.15) is 0 Å². The Kier molecular flexibility index (Phi) is 4.24. The van der Waals surface area contributed by atoms with Crippen molar-refractivity contribution in [3.63, 3.8) is 0 Å². The average Bonchev–Trinajstić information content (AvgIpc) is 2.29. The van der Waals surface area contributed by atoms with Gasteiger partial charge < -0.3 is 4.90 Å². The van der Waals surface area contributed by atoms with Gasteiger partial charge in [-0.15, -0.1) is 0 Å². The number of alkyl halides is 1. The first-order chi connectivity index (χ1) is 8.43. The third kappa shape index (κ3) is 3.00. The number of rotatable bonds is 2. The summed E-state index contributed by atoms with van der Waals surface area (Å²) in [6.45, 7) is 2.49. The summed E-state index contributed by atoms with van der Waals surface area (Å²) in [4.78, 5) is 2.15. The highest BCUT2D eigenvalue weighted by Gasteiger charge is 2.29. The molecule has 1 unspecified atom stereocenters. The summed E-state index contributed by atoms with van der Waals surface area (Å²) >= 11 is 9.43. The molecule has 0 aromatic heterocycles. The van der Waals surface area contributed by atoms with Crippen LogP contribution in [0, 0.1) is 0 Å². The zero-order valence-electron chi connectivity index (χ0n) is 10.1. The molecule has 2 rings (SSSR count). The number of halogens is 2. The standard InChI is InChI=1S/C12H15BrClNO2S/c1-9-8-18(16,17)5-4-15(9)12-3-2-11(14)6-10(12)7-13/h2-3,6,9H,4-5,7-8H2,1H3. The monoisotopic (exact) mass is 351 g/mol. The molecule has 1 heterocycles. The molecule has 1 saturated heterocycles. The zero-order chi connectivity index (χ0) is 13.3. The summed E-state index contributed by atoms with van der Waals surface area (Å²) in [5.74, 6) is 0.443. The van der Waals surface area contributed by atoms with Crippen LogP contribution in [0.25, 0.3) is 0 Å². The highest BCUT2D eigenvalue weighted by atomic mass is 79.9. The van der Waals surface area contributed by atoms with Crippen LogP contribution in [-0.4, -0.2) is 32.5 Å². The highest BCUT2D eigenvalue weighted by Crippen LogP contribution is 2.29. The molecule has 0 radical (unpaired) electrons. The molecule has 0 spiro atoms. The van der Waals surface area contributed by atoms with E-state index in [1.54, 1.807) is 0 Å². The Morgan fingerprint density at radius 1 is 1.50 bits per heavy atom. The van der Waals surface area contributed by atoms with E-state index in [4.69, 9.17) is 11.6 Å². The SMILES string of the molecule is CC1CS(=O)(=O)CCN1c1ccc(Cl)cc1CBr. The number of nitrogens with zero attached hydrogens (tertiary/aromatic N) is 1. The molecule has 100 valence electrons. The quantitative estimate of drug-likeness (QED) is 0.768. The van der Waals surface area contributed by atoms with Crippen molar-refractivity contribution in [3.8, 4) is 0 Å². The van der Waals surface area contributed by atoms with Gasteiger partial charge in [0, 0.05) is 28.6 Å². The van der Waals surface area contributed by atoms with Gasteiger partial charge >= 0.3 is 0 Å². The van der Waals surface area contributed by atoms with E-state index < -0.39 is 9.84 Å². The fraction of sp³-hybridized carbons (Fsp3) is 0.500. The molecule has 3 nitrogen and oxygen atoms in total. The van der Waals surface area contributed by atoms with E-state index in [9.17, 15) is 8.42 Å². The maximum atomic E-state index is 11.6. The Morgan fingerprint density at radius 3 is 2.83 bits per heavy atom. The number of benzene rings is 1. The van der Waals surface area contributed by atoms with E-state index >= 15 is 0 Å². The van der Waals surface area contributed by atoms with Gasteiger partial charge in [-0.05, 0) is 30.7 Å². The molecule has 18 heavy (non-hydrogen) atoms. The van der Waals surface area contributed by atoms with E-state index in [0.717, 1.165) is 11.3 Å². The van der Waals surface area contributed by atoms with Crippen molar-refractivity contribution in [2.24, 2.45) is 0 Å². The largest absolute Gasteiger partial charge is 0.367 e. The molecule has 1 aliphatic rings. The van der Waals surface area contributed by atoms with Crippen LogP contribution in [-0.2, 0) is 15.2 Å². The summed E-state index contributed by atoms with van der Waals surface area (Å²) < 4.78 is 23.2. The fourth-order valence-electron chi connectivity index (χ4n) is 2.30. The predicted molar refractivity (Wildman–Crippen MR) is 79.5 cm³/mol. The third-order valence-corrected chi connectivity index (χ3v) is 5.80. The van der Waals surface area contributed by atoms with Crippen molar-refractivity contribution in [1.29, 1.82) is 0 Å². The van der Waals surface area contributed by atoms with Gasteiger partial charge in [-0.1, -0.05) is 27.5 Å². The molecule has 1 fully saturated rings. The lowest BCUT2D eigenvalue weighted by molar-refractivity contribution is 0.568. The minimum atomic E-state index is -2.88. The minimum absolute atomic E-state index is 0.00252. The Balaban J connectivity index is 2.32. The van der Waals surface area contributed by atoms with Gasteiger partial charge in [0.25, 0.3) is 0 Å². The maximum Gasteiger partial charge on any atom is 0.154 e. The zero-order valence-corrected chi connectivity index (χ0v) is 13.2. The first kappa shape index (κ1) is 14.2. The van der Waals surface area contributed by atoms with Crippen LogP contribution >= 0.6 is 27.5 Å². The predicted octanol–water partition coefficient (Wildman–Crippen LogP) is 2.86. The van der Waals surface area contributed by atoms with Crippen molar-refractivity contribution in [3.05, 3.63) is 28.8 Å². The summed E-state index contributed by atoms with van der Waals surface area (Å²) in [5.41, 5.74) is 2.16. The van der Waals surface area contributed by atoms with Crippen molar-refractivity contribution in [2.45, 2.75) is 18.3 Å². The van der Waals surface area contributed by atoms with Crippen LogP contribution in [0.4, 0.5) is 5.69 Å². The lowest BCUT2D eigenvalue weighted by atomic mass is 10.1. The van der Waals surface area contributed by atoms with Gasteiger partial charge in [0.2, 0.25) is 0 Å². The van der Waals surface area contributed by atoms with Gasteiger partial charge in [-0.25, -0.2) is 8.42 Å². The van der Waals surface area contributed by atoms with Crippen molar-refractivity contribution in [2.75, 3.05) is 23.0 Å². The van der Waals surface area contributed by atoms with Gasteiger partial charge in [0.15, 0.2) is 9.84 Å². The summed E-state index contributed by atoms with van der Waals surface area (Å²) in [6.07, 6.45) is 0. The lowest BCUT2D eigenvalue weighted by Gasteiger charge is -2.36. The van der Waals surface area contributed by atoms with Gasteiger partial charge in [0.05, 0.1) is 11.5 Å². The normalized spacial score (nSPS) is 23.1. The molecular weight excluding hydrogens is 338 g/mol. The van der Waals surface area contributed by atoms with Crippen molar-refractivity contribution < 1.29 is 8.42 Å². The molecular formula is C12H15BrClNO2S. The molecule has 1 atom stereocenters. The molecule has 1 aliphatic heterocycles. The van der Waals surface area contributed by atoms with Crippen LogP contribution in [0.1, 0.15) is 12.5 Å². The van der Waals surface area contributed by atoms with Crippen LogP contribution in [0.15, 0.2) is 18.2 Å². The van der Waals surface area contributed by atoms with Crippen LogP contribution < -0.4 is 4.90 Å². The van der Waals surface area contributed by atoms with E-state index in [1.165, 1.54) is 0 Å². The number of hydrogen-bond donors (Lipinski definition) is 0. The van der Waals surface area contributed by atoms with Crippen LogP contribution in [0.3, 0.4) is 0 Å². The second-order valence-corrected chi connectivity index (χ2v) is 7.79. The highest BCUT2D eigenvalue weighted by molar-refractivity contribution is 9.08. The second-order valence-electron chi connectivity index (χ2n) is 4.56. The van der Waals surface area contributed by atoms with Crippen molar-refractivity contribution >= 4 is 43.1 Å². The number of hydrogen-bond acceptors (Lipinski definition) is 3. The molecule has 0 amide bonds. The van der Waals surface area contributed by atoms with Gasteiger partial charge in [0.1, 0.15) is 0 Å². The van der Waals surface area contributed by atoms with E-state index in [1.807, 2.05) is 25.1 Å². The smallest absolute Gasteiger partial charge is 0.154 e. The molecule has 6 heteroatoms. The van der Waals surface area contributed by atoms with E-state index in [2.05, 4.69) is 20.8 Å². The summed E-state index contributed by atoms with van der Waals surface area (Å²) in [7, 11) is -2.88. The molecule has 0 aliphatic carbocycles. The Bertz CT molecular complexity index is 547. The molecule has 0 bridgehead atoms. The first-order valence-corrected chi connectivity index (χ1v) is 9.06. The van der Waals surface area contributed by atoms with Crippen LogP contribution in [0.5, 0.6) is 0 Å². The second kappa shape index (κ2) is 5.39. The molecule has 1 aromatic carbocycles. The van der Waals surface area contributed by atoms with Crippen molar-refractivity contribution in [1.82, 2.24) is 0 Å². The molecule has 0 saturated carbocycles.